The summed E-state index contributed by atoms with van der Waals surface area (Å²) in [6, 6.07) is 9.86. The lowest BCUT2D eigenvalue weighted by molar-refractivity contribution is 0.340. The zero-order chi connectivity index (χ0) is 14.8. The minimum Gasteiger partial charge on any atom is -0.494 e. The van der Waals surface area contributed by atoms with Crippen molar-refractivity contribution in [2.75, 3.05) is 12.3 Å². The van der Waals surface area contributed by atoms with Gasteiger partial charge in [-0.15, -0.1) is 11.3 Å². The van der Waals surface area contributed by atoms with Crippen LogP contribution in [0, 0.1) is 6.92 Å². The first kappa shape index (κ1) is 13.7. The number of anilines is 1. The molecule has 0 aliphatic heterocycles. The van der Waals surface area contributed by atoms with E-state index in [1.165, 1.54) is 5.56 Å². The number of hydrogen-bond donors (Lipinski definition) is 1. The highest BCUT2D eigenvalue weighted by Crippen LogP contribution is 2.40. The van der Waals surface area contributed by atoms with Crippen LogP contribution in [0.3, 0.4) is 0 Å². The molecule has 0 saturated heterocycles. The van der Waals surface area contributed by atoms with E-state index < -0.39 is 0 Å². The lowest BCUT2D eigenvalue weighted by atomic mass is 10.0. The Hall–Kier alpha value is -2.27. The molecule has 0 unspecified atom stereocenters. The summed E-state index contributed by atoms with van der Waals surface area (Å²) >= 11 is 1.63. The van der Waals surface area contributed by atoms with E-state index in [2.05, 4.69) is 18.1 Å². The minimum atomic E-state index is 0.335. The van der Waals surface area contributed by atoms with Gasteiger partial charge in [-0.25, -0.2) is 0 Å². The predicted molar refractivity (Wildman–Crippen MR) is 85.6 cm³/mol. The quantitative estimate of drug-likeness (QED) is 0.777. The van der Waals surface area contributed by atoms with Crippen molar-refractivity contribution in [1.29, 1.82) is 0 Å². The first-order valence-electron chi connectivity index (χ1n) is 6.73. The molecule has 0 fully saturated rings. The number of thiophene rings is 1. The Morgan fingerprint density at radius 3 is 2.62 bits per heavy atom. The summed E-state index contributed by atoms with van der Waals surface area (Å²) < 4.78 is 10.7. The Bertz CT molecular complexity index is 744. The molecule has 5 heteroatoms. The van der Waals surface area contributed by atoms with E-state index >= 15 is 0 Å². The van der Waals surface area contributed by atoms with Crippen LogP contribution in [-0.4, -0.2) is 11.8 Å². The van der Waals surface area contributed by atoms with Crippen molar-refractivity contribution in [2.24, 2.45) is 0 Å². The highest BCUT2D eigenvalue weighted by atomic mass is 32.1. The smallest absolute Gasteiger partial charge is 0.230 e. The molecule has 0 saturated carbocycles. The molecule has 0 atom stereocenters. The first-order valence-corrected chi connectivity index (χ1v) is 7.61. The molecule has 1 aromatic carbocycles. The van der Waals surface area contributed by atoms with Crippen molar-refractivity contribution in [3.8, 4) is 27.4 Å². The van der Waals surface area contributed by atoms with Gasteiger partial charge in [0, 0.05) is 0 Å². The van der Waals surface area contributed by atoms with Crippen molar-refractivity contribution in [3.05, 3.63) is 41.3 Å². The highest BCUT2D eigenvalue weighted by molar-refractivity contribution is 7.13. The van der Waals surface area contributed by atoms with Gasteiger partial charge in [0.15, 0.2) is 0 Å². The van der Waals surface area contributed by atoms with E-state index in [1.807, 2.05) is 36.6 Å². The van der Waals surface area contributed by atoms with Gasteiger partial charge in [-0.2, -0.15) is 0 Å². The lowest BCUT2D eigenvalue weighted by Crippen LogP contribution is -1.91. The van der Waals surface area contributed by atoms with Crippen LogP contribution in [0.2, 0.25) is 0 Å². The second-order valence-corrected chi connectivity index (χ2v) is 5.58. The Kier molecular flexibility index (Phi) is 3.66. The van der Waals surface area contributed by atoms with Crippen LogP contribution in [0.15, 0.2) is 40.2 Å². The van der Waals surface area contributed by atoms with E-state index in [9.17, 15) is 0 Å². The van der Waals surface area contributed by atoms with Crippen LogP contribution < -0.4 is 10.5 Å². The SMILES string of the molecule is CCOc1ccc(-c2c(-c3sccc3C)noc2N)cc1. The second kappa shape index (κ2) is 5.61. The van der Waals surface area contributed by atoms with Crippen LogP contribution in [-0.2, 0) is 0 Å². The molecule has 21 heavy (non-hydrogen) atoms. The standard InChI is InChI=1S/C16H16N2O2S/c1-3-19-12-6-4-11(5-7-12)13-14(18-20-16(13)17)15-10(2)8-9-21-15/h4-9H,3,17H2,1-2H3. The number of ether oxygens (including phenoxy) is 1. The molecule has 0 aliphatic rings. The Labute approximate surface area is 127 Å². The summed E-state index contributed by atoms with van der Waals surface area (Å²) in [6.45, 7) is 4.66. The third-order valence-electron chi connectivity index (χ3n) is 3.25. The van der Waals surface area contributed by atoms with E-state index in [0.29, 0.717) is 12.5 Å². The molecule has 2 N–H and O–H groups in total. The molecule has 0 amide bonds. The Morgan fingerprint density at radius 2 is 2.00 bits per heavy atom. The van der Waals surface area contributed by atoms with E-state index in [0.717, 1.165) is 27.4 Å². The van der Waals surface area contributed by atoms with Crippen molar-refractivity contribution in [3.63, 3.8) is 0 Å². The van der Waals surface area contributed by atoms with Gasteiger partial charge in [-0.3, -0.25) is 0 Å². The zero-order valence-corrected chi connectivity index (χ0v) is 12.7. The maximum Gasteiger partial charge on any atom is 0.230 e. The maximum atomic E-state index is 5.97. The van der Waals surface area contributed by atoms with Crippen LogP contribution in [0.1, 0.15) is 12.5 Å². The van der Waals surface area contributed by atoms with Crippen LogP contribution in [0.5, 0.6) is 5.75 Å². The third-order valence-corrected chi connectivity index (χ3v) is 4.27. The van der Waals surface area contributed by atoms with Crippen LogP contribution in [0.25, 0.3) is 21.7 Å². The van der Waals surface area contributed by atoms with Gasteiger partial charge < -0.3 is 15.0 Å². The van der Waals surface area contributed by atoms with Gasteiger partial charge in [-0.1, -0.05) is 17.3 Å². The number of nitrogen functional groups attached to an aromatic ring is 1. The fourth-order valence-electron chi connectivity index (χ4n) is 2.24. The van der Waals surface area contributed by atoms with E-state index in [-0.39, 0.29) is 0 Å². The van der Waals surface area contributed by atoms with Gasteiger partial charge in [0.2, 0.25) is 5.88 Å². The number of rotatable bonds is 4. The van der Waals surface area contributed by atoms with Gasteiger partial charge in [0.1, 0.15) is 11.4 Å². The third kappa shape index (κ3) is 2.52. The number of nitrogens with two attached hydrogens (primary N) is 1. The molecule has 2 aromatic heterocycles. The number of aromatic nitrogens is 1. The van der Waals surface area contributed by atoms with Crippen molar-refractivity contribution in [1.82, 2.24) is 5.16 Å². The molecule has 2 heterocycles. The average molecular weight is 300 g/mol. The largest absolute Gasteiger partial charge is 0.494 e. The molecule has 3 rings (SSSR count). The Morgan fingerprint density at radius 1 is 1.24 bits per heavy atom. The highest BCUT2D eigenvalue weighted by Gasteiger charge is 2.19. The molecule has 0 bridgehead atoms. The van der Waals surface area contributed by atoms with Crippen molar-refractivity contribution < 1.29 is 9.26 Å². The molecule has 0 spiro atoms. The van der Waals surface area contributed by atoms with Crippen molar-refractivity contribution in [2.45, 2.75) is 13.8 Å². The number of aryl methyl sites for hydroxylation is 1. The summed E-state index contributed by atoms with van der Waals surface area (Å²) in [5.41, 5.74) is 9.74. The van der Waals surface area contributed by atoms with Gasteiger partial charge in [0.25, 0.3) is 0 Å². The maximum absolute atomic E-state index is 5.97. The van der Waals surface area contributed by atoms with E-state index in [4.69, 9.17) is 15.0 Å². The molecule has 0 radical (unpaired) electrons. The molecule has 3 aromatic rings. The predicted octanol–water partition coefficient (Wildman–Crippen LogP) is 4.36. The van der Waals surface area contributed by atoms with Gasteiger partial charge in [-0.05, 0) is 48.6 Å². The van der Waals surface area contributed by atoms with Crippen LogP contribution in [0.4, 0.5) is 5.88 Å². The first-order chi connectivity index (χ1) is 10.2. The number of nitrogens with zero attached hydrogens (tertiary/aromatic N) is 1. The van der Waals surface area contributed by atoms with Crippen LogP contribution >= 0.6 is 11.3 Å². The monoisotopic (exact) mass is 300 g/mol. The molecule has 4 nitrogen and oxygen atoms in total. The fourth-order valence-corrected chi connectivity index (χ4v) is 3.15. The summed E-state index contributed by atoms with van der Waals surface area (Å²) in [7, 11) is 0. The van der Waals surface area contributed by atoms with Gasteiger partial charge >= 0.3 is 0 Å². The molecular weight excluding hydrogens is 284 g/mol. The second-order valence-electron chi connectivity index (χ2n) is 4.66. The molecular formula is C16H16N2O2S. The summed E-state index contributed by atoms with van der Waals surface area (Å²) in [4.78, 5) is 1.08. The summed E-state index contributed by atoms with van der Waals surface area (Å²) in [5.74, 6) is 1.17. The number of benzene rings is 1. The summed E-state index contributed by atoms with van der Waals surface area (Å²) in [6.07, 6.45) is 0. The minimum absolute atomic E-state index is 0.335. The fraction of sp³-hybridized carbons (Fsp3) is 0.188. The Balaban J connectivity index is 2.06. The van der Waals surface area contributed by atoms with E-state index in [1.54, 1.807) is 11.3 Å². The zero-order valence-electron chi connectivity index (χ0n) is 11.9. The topological polar surface area (TPSA) is 61.3 Å². The molecule has 0 aliphatic carbocycles. The lowest BCUT2D eigenvalue weighted by Gasteiger charge is -2.05. The van der Waals surface area contributed by atoms with Gasteiger partial charge in [0.05, 0.1) is 17.0 Å². The number of hydrogen-bond acceptors (Lipinski definition) is 5. The normalized spacial score (nSPS) is 10.8. The molecule has 108 valence electrons. The average Bonchev–Trinajstić information content (AvgIpc) is 3.06. The summed E-state index contributed by atoms with van der Waals surface area (Å²) in [5, 5.41) is 6.17. The van der Waals surface area contributed by atoms with Crippen molar-refractivity contribution >= 4 is 17.2 Å².